The number of fused-ring (bicyclic) bond motifs is 1. The molecule has 3 heterocycles. The van der Waals surface area contributed by atoms with Crippen LogP contribution in [0.2, 0.25) is 0 Å². The second-order valence-electron chi connectivity index (χ2n) is 6.06. The summed E-state index contributed by atoms with van der Waals surface area (Å²) in [6, 6.07) is 0.515. The molecule has 0 aliphatic carbocycles. The van der Waals surface area contributed by atoms with E-state index >= 15 is 0 Å². The van der Waals surface area contributed by atoms with Crippen molar-refractivity contribution in [2.24, 2.45) is 0 Å². The summed E-state index contributed by atoms with van der Waals surface area (Å²) in [6.45, 7) is 4.89. The molecule has 1 aromatic rings. The van der Waals surface area contributed by atoms with Crippen molar-refractivity contribution < 1.29 is 5.11 Å². The van der Waals surface area contributed by atoms with Gasteiger partial charge in [-0.05, 0) is 6.42 Å². The molecule has 6 heteroatoms. The second kappa shape index (κ2) is 5.63. The Hall–Kier alpha value is -1.24. The first-order valence-corrected chi connectivity index (χ1v) is 7.24. The summed E-state index contributed by atoms with van der Waals surface area (Å²) in [4.78, 5) is 15.5. The smallest absolute Gasteiger partial charge is 0.224 e. The molecule has 1 aromatic heterocycles. The molecular formula is C14H23N5O. The van der Waals surface area contributed by atoms with Crippen LogP contribution in [-0.2, 0) is 6.54 Å². The molecule has 2 atom stereocenters. The summed E-state index contributed by atoms with van der Waals surface area (Å²) in [5.74, 6) is 0.748. The molecule has 0 bridgehead atoms. The summed E-state index contributed by atoms with van der Waals surface area (Å²) in [5.41, 5.74) is 1.16. The third-order valence-corrected chi connectivity index (χ3v) is 4.18. The lowest BCUT2D eigenvalue weighted by atomic mass is 10.1. The highest BCUT2D eigenvalue weighted by atomic mass is 16.3. The van der Waals surface area contributed by atoms with Crippen LogP contribution in [0.5, 0.6) is 0 Å². The van der Waals surface area contributed by atoms with Gasteiger partial charge in [-0.1, -0.05) is 0 Å². The van der Waals surface area contributed by atoms with E-state index < -0.39 is 0 Å². The van der Waals surface area contributed by atoms with E-state index in [1.807, 2.05) is 31.4 Å². The average Bonchev–Trinajstić information content (AvgIpc) is 2.78. The van der Waals surface area contributed by atoms with Crippen molar-refractivity contribution in [2.75, 3.05) is 45.2 Å². The lowest BCUT2D eigenvalue weighted by Crippen LogP contribution is -2.49. The molecular weight excluding hydrogens is 254 g/mol. The van der Waals surface area contributed by atoms with Crippen LogP contribution in [0.1, 0.15) is 12.0 Å². The third-order valence-electron chi connectivity index (χ3n) is 4.18. The fraction of sp³-hybridized carbons (Fsp3) is 0.714. The standard InChI is InChI=1S/C14H23N5O/c1-17(2)14-15-6-11(7-16-14)8-18-3-4-19-10-13(20)5-12(19)9-18/h6-7,12-13,20H,3-5,8-10H2,1-2H3/t12-,13+/m0/s1. The van der Waals surface area contributed by atoms with Gasteiger partial charge in [0.2, 0.25) is 5.95 Å². The Morgan fingerprint density at radius 2 is 2.00 bits per heavy atom. The molecule has 2 fully saturated rings. The maximum Gasteiger partial charge on any atom is 0.224 e. The zero-order chi connectivity index (χ0) is 14.1. The molecule has 0 saturated carbocycles. The highest BCUT2D eigenvalue weighted by Crippen LogP contribution is 2.22. The Morgan fingerprint density at radius 3 is 2.70 bits per heavy atom. The second-order valence-corrected chi connectivity index (χ2v) is 6.06. The Morgan fingerprint density at radius 1 is 1.25 bits per heavy atom. The number of piperazine rings is 1. The van der Waals surface area contributed by atoms with Crippen LogP contribution in [0.25, 0.3) is 0 Å². The molecule has 2 aliphatic rings. The topological polar surface area (TPSA) is 55.7 Å². The van der Waals surface area contributed by atoms with E-state index in [0.717, 1.165) is 50.7 Å². The minimum Gasteiger partial charge on any atom is -0.392 e. The van der Waals surface area contributed by atoms with Gasteiger partial charge < -0.3 is 10.0 Å². The van der Waals surface area contributed by atoms with E-state index in [0.29, 0.717) is 6.04 Å². The van der Waals surface area contributed by atoms with Gasteiger partial charge >= 0.3 is 0 Å². The fourth-order valence-electron chi connectivity index (χ4n) is 3.14. The van der Waals surface area contributed by atoms with Crippen LogP contribution >= 0.6 is 0 Å². The van der Waals surface area contributed by atoms with E-state index in [1.165, 1.54) is 0 Å². The van der Waals surface area contributed by atoms with Crippen molar-refractivity contribution in [1.29, 1.82) is 0 Å². The largest absolute Gasteiger partial charge is 0.392 e. The molecule has 110 valence electrons. The molecule has 20 heavy (non-hydrogen) atoms. The Bertz CT molecular complexity index is 449. The van der Waals surface area contributed by atoms with Crippen LogP contribution in [0.3, 0.4) is 0 Å². The number of nitrogens with zero attached hydrogens (tertiary/aromatic N) is 5. The minimum atomic E-state index is -0.136. The van der Waals surface area contributed by atoms with E-state index in [-0.39, 0.29) is 6.10 Å². The van der Waals surface area contributed by atoms with Crippen LogP contribution in [-0.4, -0.2) is 77.3 Å². The number of aliphatic hydroxyl groups is 1. The Balaban J connectivity index is 1.58. The molecule has 6 nitrogen and oxygen atoms in total. The lowest BCUT2D eigenvalue weighted by molar-refractivity contribution is 0.0970. The first-order chi connectivity index (χ1) is 9.61. The maximum atomic E-state index is 9.73. The number of anilines is 1. The van der Waals surface area contributed by atoms with Crippen LogP contribution in [0.4, 0.5) is 5.95 Å². The third kappa shape index (κ3) is 2.92. The predicted octanol–water partition coefficient (Wildman–Crippen LogP) is -0.207. The molecule has 3 rings (SSSR count). The van der Waals surface area contributed by atoms with Crippen LogP contribution in [0.15, 0.2) is 12.4 Å². The molecule has 0 radical (unpaired) electrons. The van der Waals surface area contributed by atoms with E-state index in [4.69, 9.17) is 0 Å². The molecule has 0 amide bonds. The molecule has 1 N–H and O–H groups in total. The van der Waals surface area contributed by atoms with E-state index in [2.05, 4.69) is 19.8 Å². The monoisotopic (exact) mass is 277 g/mol. The van der Waals surface area contributed by atoms with E-state index in [9.17, 15) is 5.11 Å². The van der Waals surface area contributed by atoms with Gasteiger partial charge in [0.05, 0.1) is 6.10 Å². The fourth-order valence-corrected chi connectivity index (χ4v) is 3.14. The van der Waals surface area contributed by atoms with Gasteiger partial charge in [-0.15, -0.1) is 0 Å². The number of aromatic nitrogens is 2. The lowest BCUT2D eigenvalue weighted by Gasteiger charge is -2.37. The summed E-state index contributed by atoms with van der Waals surface area (Å²) in [5, 5.41) is 9.73. The SMILES string of the molecule is CN(C)c1ncc(CN2CCN3C[C@H](O)C[C@H]3C2)cn1. The molecule has 2 saturated heterocycles. The van der Waals surface area contributed by atoms with Gasteiger partial charge in [0, 0.05) is 70.8 Å². The van der Waals surface area contributed by atoms with Gasteiger partial charge in [0.15, 0.2) is 0 Å². The first kappa shape index (κ1) is 13.7. The average molecular weight is 277 g/mol. The number of rotatable bonds is 3. The summed E-state index contributed by atoms with van der Waals surface area (Å²) in [6.07, 6.45) is 4.60. The van der Waals surface area contributed by atoms with Crippen LogP contribution in [0, 0.1) is 0 Å². The normalized spacial score (nSPS) is 27.6. The molecule has 0 spiro atoms. The van der Waals surface area contributed by atoms with Crippen molar-refractivity contribution in [2.45, 2.75) is 25.1 Å². The van der Waals surface area contributed by atoms with Gasteiger partial charge in [-0.3, -0.25) is 9.80 Å². The van der Waals surface area contributed by atoms with Crippen molar-refractivity contribution in [3.63, 3.8) is 0 Å². The van der Waals surface area contributed by atoms with Crippen molar-refractivity contribution >= 4 is 5.95 Å². The van der Waals surface area contributed by atoms with Crippen molar-refractivity contribution in [3.05, 3.63) is 18.0 Å². The number of hydrogen-bond donors (Lipinski definition) is 1. The summed E-state index contributed by atoms with van der Waals surface area (Å²) in [7, 11) is 3.89. The highest BCUT2D eigenvalue weighted by Gasteiger charge is 2.35. The maximum absolute atomic E-state index is 9.73. The van der Waals surface area contributed by atoms with Crippen molar-refractivity contribution in [1.82, 2.24) is 19.8 Å². The highest BCUT2D eigenvalue weighted by molar-refractivity contribution is 5.26. The number of hydrogen-bond acceptors (Lipinski definition) is 6. The quantitative estimate of drug-likeness (QED) is 0.825. The molecule has 0 aromatic carbocycles. The number of aliphatic hydroxyl groups excluding tert-OH is 1. The van der Waals surface area contributed by atoms with Gasteiger partial charge in [0.1, 0.15) is 0 Å². The Kier molecular flexibility index (Phi) is 3.87. The Labute approximate surface area is 120 Å². The summed E-state index contributed by atoms with van der Waals surface area (Å²) >= 11 is 0. The predicted molar refractivity (Wildman–Crippen MR) is 77.6 cm³/mol. The molecule has 2 aliphatic heterocycles. The zero-order valence-corrected chi connectivity index (χ0v) is 12.2. The van der Waals surface area contributed by atoms with E-state index in [1.54, 1.807) is 0 Å². The zero-order valence-electron chi connectivity index (χ0n) is 12.2. The summed E-state index contributed by atoms with van der Waals surface area (Å²) < 4.78 is 0. The van der Waals surface area contributed by atoms with Crippen LogP contribution < -0.4 is 4.90 Å². The minimum absolute atomic E-state index is 0.136. The first-order valence-electron chi connectivity index (χ1n) is 7.24. The van der Waals surface area contributed by atoms with Gasteiger partial charge in [0.25, 0.3) is 0 Å². The van der Waals surface area contributed by atoms with Crippen molar-refractivity contribution in [3.8, 4) is 0 Å². The van der Waals surface area contributed by atoms with Gasteiger partial charge in [-0.2, -0.15) is 0 Å². The molecule has 0 unspecified atom stereocenters. The van der Waals surface area contributed by atoms with Gasteiger partial charge in [-0.25, -0.2) is 9.97 Å².